The maximum Gasteiger partial charge on any atom is 2.00 e. The van der Waals surface area contributed by atoms with E-state index in [-0.39, 0.29) is 48.9 Å². The van der Waals surface area contributed by atoms with Gasteiger partial charge in [-0.25, -0.2) is 0 Å². The van der Waals surface area contributed by atoms with E-state index in [9.17, 15) is 0 Å². The molecule has 0 heterocycles. The van der Waals surface area contributed by atoms with E-state index in [1.165, 1.54) is 0 Å². The van der Waals surface area contributed by atoms with Crippen molar-refractivity contribution in [3.63, 3.8) is 0 Å². The Morgan fingerprint density at radius 3 is 0.714 bits per heavy atom. The van der Waals surface area contributed by atoms with Crippen LogP contribution in [-0.4, -0.2) is 48.9 Å². The summed E-state index contributed by atoms with van der Waals surface area (Å²) in [6.45, 7) is 0. The summed E-state index contributed by atoms with van der Waals surface area (Å²) in [6.07, 6.45) is 0. The van der Waals surface area contributed by atoms with Crippen LogP contribution in [-0.2, 0) is 0 Å². The minimum atomic E-state index is -0.417. The SMILES string of the molecule is [Ba+2].[O-][Cl+][O-].[O-][Cl+][O-]. The van der Waals surface area contributed by atoms with Crippen molar-refractivity contribution < 1.29 is 41.3 Å². The van der Waals surface area contributed by atoms with E-state index in [0.29, 0.717) is 0 Å². The van der Waals surface area contributed by atoms with Crippen LogP contribution in [0.15, 0.2) is 0 Å². The van der Waals surface area contributed by atoms with Crippen molar-refractivity contribution in [2.24, 2.45) is 0 Å². The van der Waals surface area contributed by atoms with Gasteiger partial charge in [-0.15, -0.1) is 0 Å². The van der Waals surface area contributed by atoms with Gasteiger partial charge in [0.05, 0.1) is 22.7 Å². The Hall–Kier alpha value is 1.99. The zero-order valence-electron chi connectivity index (χ0n) is 3.10. The average molecular weight is 272 g/mol. The van der Waals surface area contributed by atoms with Gasteiger partial charge in [0.1, 0.15) is 0 Å². The summed E-state index contributed by atoms with van der Waals surface area (Å²) in [4.78, 5) is 0. The van der Waals surface area contributed by atoms with Gasteiger partial charge in [-0.3, -0.25) is 0 Å². The molecule has 40 valence electrons. The van der Waals surface area contributed by atoms with Gasteiger partial charge in [0.25, 0.3) is 0 Å². The smallest absolute Gasteiger partial charge is 0.544 e. The quantitative estimate of drug-likeness (QED) is 0.412. The molecule has 0 aromatic rings. The van der Waals surface area contributed by atoms with E-state index in [0.717, 1.165) is 0 Å². The van der Waals surface area contributed by atoms with Gasteiger partial charge in [-0.05, 0) is 0 Å². The van der Waals surface area contributed by atoms with Crippen molar-refractivity contribution in [2.45, 2.75) is 0 Å². The maximum absolute atomic E-state index is 8.24. The summed E-state index contributed by atoms with van der Waals surface area (Å²) in [5.41, 5.74) is 0. The Morgan fingerprint density at radius 2 is 0.714 bits per heavy atom. The molecule has 0 fully saturated rings. The van der Waals surface area contributed by atoms with Crippen LogP contribution in [0.5, 0.6) is 0 Å². The Labute approximate surface area is 88.7 Å². The van der Waals surface area contributed by atoms with Gasteiger partial charge in [-0.2, -0.15) is 0 Å². The largest absolute Gasteiger partial charge is 2.00 e. The predicted octanol–water partition coefficient (Wildman–Crippen LogP) is -5.14. The second kappa shape index (κ2) is 24.5. The third kappa shape index (κ3) is 72.3. The van der Waals surface area contributed by atoms with Crippen LogP contribution >= 0.6 is 0 Å². The minimum Gasteiger partial charge on any atom is -0.544 e. The summed E-state index contributed by atoms with van der Waals surface area (Å²) in [5.74, 6) is 0. The number of hydrogen-bond acceptors (Lipinski definition) is 4. The fourth-order valence-corrected chi connectivity index (χ4v) is 0. The molecule has 7 heteroatoms. The number of halogens is 2. The van der Waals surface area contributed by atoms with Crippen molar-refractivity contribution in [2.75, 3.05) is 0 Å². The monoisotopic (exact) mass is 272 g/mol. The van der Waals surface area contributed by atoms with Crippen molar-refractivity contribution >= 4 is 48.9 Å². The molecular formula is BaCl2O4. The third-order valence-electron chi connectivity index (χ3n) is 0. The molecule has 0 aliphatic heterocycles. The topological polar surface area (TPSA) is 92.2 Å². The van der Waals surface area contributed by atoms with E-state index in [1.807, 2.05) is 0 Å². The van der Waals surface area contributed by atoms with Crippen LogP contribution in [0.2, 0.25) is 0 Å². The molecule has 4 nitrogen and oxygen atoms in total. The van der Waals surface area contributed by atoms with Gasteiger partial charge >= 0.3 is 48.9 Å². The molecule has 0 saturated heterocycles. The first-order valence-corrected chi connectivity index (χ1v) is 1.85. The number of rotatable bonds is 0. The van der Waals surface area contributed by atoms with Gasteiger partial charge < -0.3 is 18.6 Å². The normalized spacial score (nSPS) is 5.14. The number of hydrogen-bond donors (Lipinski definition) is 0. The first-order valence-electron chi connectivity index (χ1n) is 0.617. The van der Waals surface area contributed by atoms with Crippen LogP contribution in [0.4, 0.5) is 0 Å². The predicted molar refractivity (Wildman–Crippen MR) is 5.75 cm³/mol. The van der Waals surface area contributed by atoms with Crippen LogP contribution < -0.4 is 18.6 Å². The van der Waals surface area contributed by atoms with Crippen LogP contribution in [0, 0.1) is 22.7 Å². The maximum atomic E-state index is 8.24. The summed E-state index contributed by atoms with van der Waals surface area (Å²) in [6, 6.07) is 0. The first kappa shape index (κ1) is 16.0. The Morgan fingerprint density at radius 1 is 0.714 bits per heavy atom. The second-order valence-corrected chi connectivity index (χ2v) is 0.378. The molecular weight excluding hydrogens is 272 g/mol. The summed E-state index contributed by atoms with van der Waals surface area (Å²) < 4.78 is 32.9. The van der Waals surface area contributed by atoms with Crippen LogP contribution in [0.1, 0.15) is 0 Å². The van der Waals surface area contributed by atoms with Crippen molar-refractivity contribution in [3.05, 3.63) is 0 Å². The average Bonchev–Trinajstić information content (AvgIpc) is 1.39. The minimum absolute atomic E-state index is 0. The van der Waals surface area contributed by atoms with Gasteiger partial charge in [0, 0.05) is 0 Å². The molecule has 0 N–H and O–H groups in total. The van der Waals surface area contributed by atoms with Crippen molar-refractivity contribution in [1.82, 2.24) is 0 Å². The Kier molecular flexibility index (Phi) is 56.0. The molecule has 7 heavy (non-hydrogen) atoms. The molecule has 0 aliphatic rings. The fourth-order valence-electron chi connectivity index (χ4n) is 0. The summed E-state index contributed by atoms with van der Waals surface area (Å²) in [7, 11) is 0. The van der Waals surface area contributed by atoms with Crippen LogP contribution in [0.25, 0.3) is 0 Å². The van der Waals surface area contributed by atoms with Gasteiger partial charge in [0.2, 0.25) is 0 Å². The van der Waals surface area contributed by atoms with E-state index < -0.39 is 22.7 Å². The molecule has 0 amide bonds. The molecule has 0 bridgehead atoms. The molecule has 0 saturated carbocycles. The molecule has 0 rings (SSSR count). The van der Waals surface area contributed by atoms with E-state index in [2.05, 4.69) is 0 Å². The summed E-state index contributed by atoms with van der Waals surface area (Å²) >= 11 is -0.833. The van der Waals surface area contributed by atoms with Crippen molar-refractivity contribution in [3.8, 4) is 0 Å². The van der Waals surface area contributed by atoms with E-state index in [4.69, 9.17) is 18.6 Å². The van der Waals surface area contributed by atoms with Gasteiger partial charge in [-0.1, -0.05) is 0 Å². The third-order valence-corrected chi connectivity index (χ3v) is 0. The molecule has 0 aromatic carbocycles. The molecule has 0 atom stereocenters. The summed E-state index contributed by atoms with van der Waals surface area (Å²) in [5, 5.41) is 0. The van der Waals surface area contributed by atoms with Gasteiger partial charge in [0.15, 0.2) is 0 Å². The van der Waals surface area contributed by atoms with E-state index in [1.54, 1.807) is 0 Å². The molecule has 0 aromatic heterocycles. The molecule has 0 radical (unpaired) electrons. The standard InChI is InChI=1S/Ba.2ClO2/c;2*2-1-3/q+2;2*-1. The van der Waals surface area contributed by atoms with Crippen molar-refractivity contribution in [1.29, 1.82) is 0 Å². The zero-order chi connectivity index (χ0) is 5.41. The second-order valence-electron chi connectivity index (χ2n) is 0.126. The Bertz CT molecular complexity index is 11.7. The van der Waals surface area contributed by atoms with E-state index >= 15 is 0 Å². The van der Waals surface area contributed by atoms with Crippen LogP contribution in [0.3, 0.4) is 0 Å². The molecule has 0 aliphatic carbocycles. The fraction of sp³-hybridized carbons (Fsp3) is 0. The molecule has 0 spiro atoms. The zero-order valence-corrected chi connectivity index (χ0v) is 9.05. The Balaban J connectivity index is -0.0000000400. The molecule has 0 unspecified atom stereocenters. The first-order chi connectivity index (χ1) is 2.83.